The summed E-state index contributed by atoms with van der Waals surface area (Å²) < 4.78 is 17.7. The van der Waals surface area contributed by atoms with Gasteiger partial charge in [0.05, 0.1) is 21.3 Å². The predicted molar refractivity (Wildman–Crippen MR) is 118 cm³/mol. The van der Waals surface area contributed by atoms with E-state index >= 15 is 0 Å². The maximum Gasteiger partial charge on any atom is 0.127 e. The van der Waals surface area contributed by atoms with Gasteiger partial charge in [-0.3, -0.25) is 0 Å². The van der Waals surface area contributed by atoms with Gasteiger partial charge in [-0.1, -0.05) is 36.0 Å². The Balaban J connectivity index is 2.05. The third kappa shape index (κ3) is 3.19. The molecular formula is C23H19BrO3S. The zero-order valence-electron chi connectivity index (χ0n) is 15.8. The van der Waals surface area contributed by atoms with Crippen LogP contribution in [-0.2, 0) is 0 Å². The molecule has 0 radical (unpaired) electrons. The maximum atomic E-state index is 5.72. The molecule has 0 unspecified atom stereocenters. The molecule has 0 spiro atoms. The van der Waals surface area contributed by atoms with E-state index in [1.807, 2.05) is 48.5 Å². The third-order valence-electron chi connectivity index (χ3n) is 4.70. The average molecular weight is 455 g/mol. The van der Waals surface area contributed by atoms with Gasteiger partial charge in [-0.15, -0.1) is 0 Å². The van der Waals surface area contributed by atoms with Crippen molar-refractivity contribution < 1.29 is 14.2 Å². The summed E-state index contributed by atoms with van der Waals surface area (Å²) in [4.78, 5) is 2.31. The summed E-state index contributed by atoms with van der Waals surface area (Å²) in [6.07, 6.45) is 0. The summed E-state index contributed by atoms with van der Waals surface area (Å²) >= 11 is 5.61. The van der Waals surface area contributed by atoms with Gasteiger partial charge >= 0.3 is 0 Å². The fraction of sp³-hybridized carbons (Fsp3) is 0.130. The molecule has 0 bridgehead atoms. The van der Waals surface area contributed by atoms with E-state index in [1.165, 1.54) is 0 Å². The number of methoxy groups -OCH3 is 3. The van der Waals surface area contributed by atoms with Gasteiger partial charge in [0.25, 0.3) is 0 Å². The average Bonchev–Trinajstić information content (AvgIpc) is 2.76. The summed E-state index contributed by atoms with van der Waals surface area (Å²) in [5.74, 6) is 2.49. The van der Waals surface area contributed by atoms with E-state index in [2.05, 4.69) is 28.1 Å². The van der Waals surface area contributed by atoms with Crippen molar-refractivity contribution in [2.24, 2.45) is 0 Å². The smallest absolute Gasteiger partial charge is 0.127 e. The van der Waals surface area contributed by atoms with Gasteiger partial charge in [-0.2, -0.15) is 0 Å². The molecule has 0 saturated carbocycles. The number of hydrogen-bond donors (Lipinski definition) is 0. The second-order valence-electron chi connectivity index (χ2n) is 6.19. The van der Waals surface area contributed by atoms with E-state index < -0.39 is 0 Å². The molecule has 3 nitrogen and oxygen atoms in total. The summed E-state index contributed by atoms with van der Waals surface area (Å²) in [5, 5.41) is 0. The van der Waals surface area contributed by atoms with Crippen molar-refractivity contribution in [3.63, 3.8) is 0 Å². The Morgan fingerprint density at radius 1 is 0.714 bits per heavy atom. The number of rotatable bonds is 4. The molecule has 0 saturated heterocycles. The van der Waals surface area contributed by atoms with Crippen molar-refractivity contribution in [2.45, 2.75) is 9.79 Å². The summed E-state index contributed by atoms with van der Waals surface area (Å²) in [7, 11) is 5.08. The van der Waals surface area contributed by atoms with Gasteiger partial charge in [0, 0.05) is 31.0 Å². The molecule has 4 rings (SSSR count). The van der Waals surface area contributed by atoms with Crippen LogP contribution in [0.4, 0.5) is 0 Å². The highest BCUT2D eigenvalue weighted by molar-refractivity contribution is 9.15. The van der Waals surface area contributed by atoms with Crippen LogP contribution in [0.25, 0.3) is 10.1 Å². The molecule has 28 heavy (non-hydrogen) atoms. The minimum atomic E-state index is 0.823. The van der Waals surface area contributed by atoms with Gasteiger partial charge < -0.3 is 14.2 Å². The normalized spacial score (nSPS) is 12.1. The van der Waals surface area contributed by atoms with Gasteiger partial charge in [0.1, 0.15) is 17.2 Å². The van der Waals surface area contributed by atoms with Crippen molar-refractivity contribution in [1.29, 1.82) is 0 Å². The Morgan fingerprint density at radius 3 is 1.71 bits per heavy atom. The Bertz CT molecular complexity index is 1000. The molecule has 0 aliphatic carbocycles. The zero-order valence-corrected chi connectivity index (χ0v) is 18.2. The number of ether oxygens (including phenoxy) is 3. The lowest BCUT2D eigenvalue weighted by Crippen LogP contribution is -2.05. The standard InChI is InChI=1S/C23H19BrO3S/c1-25-15-12-10-14(11-13-15)23(24)22-20-16(26-2)6-4-8-18(20)28-19-9-5-7-17(27-3)21(19)22/h4-13H,1-3H3. The largest absolute Gasteiger partial charge is 0.497 e. The Hall–Kier alpha value is -2.37. The fourth-order valence-electron chi connectivity index (χ4n) is 3.37. The Morgan fingerprint density at radius 2 is 1.25 bits per heavy atom. The van der Waals surface area contributed by atoms with Crippen LogP contribution in [0.2, 0.25) is 0 Å². The molecule has 142 valence electrons. The quantitative estimate of drug-likeness (QED) is 0.352. The molecule has 3 aromatic carbocycles. The van der Waals surface area contributed by atoms with Crippen LogP contribution in [0.15, 0.2) is 70.5 Å². The van der Waals surface area contributed by atoms with E-state index in [1.54, 1.807) is 33.1 Å². The summed E-state index contributed by atoms with van der Waals surface area (Å²) in [5.41, 5.74) is 4.24. The van der Waals surface area contributed by atoms with Crippen molar-refractivity contribution in [3.8, 4) is 17.2 Å². The fourth-order valence-corrected chi connectivity index (χ4v) is 5.17. The second kappa shape index (κ2) is 7.94. The van der Waals surface area contributed by atoms with Crippen LogP contribution in [0.3, 0.4) is 0 Å². The van der Waals surface area contributed by atoms with Crippen molar-refractivity contribution in [2.75, 3.05) is 21.3 Å². The van der Waals surface area contributed by atoms with Crippen LogP contribution in [-0.4, -0.2) is 21.3 Å². The van der Waals surface area contributed by atoms with Crippen molar-refractivity contribution in [1.82, 2.24) is 0 Å². The third-order valence-corrected chi connectivity index (χ3v) is 6.67. The summed E-state index contributed by atoms with van der Waals surface area (Å²) in [6.45, 7) is 0. The first-order chi connectivity index (χ1) is 13.7. The van der Waals surface area contributed by atoms with Crippen LogP contribution >= 0.6 is 27.7 Å². The molecule has 1 heterocycles. The lowest BCUT2D eigenvalue weighted by atomic mass is 9.93. The van der Waals surface area contributed by atoms with Crippen molar-refractivity contribution in [3.05, 3.63) is 77.4 Å². The maximum absolute atomic E-state index is 5.72. The predicted octanol–water partition coefficient (Wildman–Crippen LogP) is 6.49. The van der Waals surface area contributed by atoms with Crippen LogP contribution in [0.1, 0.15) is 16.7 Å². The topological polar surface area (TPSA) is 27.7 Å². The lowest BCUT2D eigenvalue weighted by Gasteiger charge is -2.26. The van der Waals surface area contributed by atoms with E-state index in [9.17, 15) is 0 Å². The number of benzene rings is 3. The highest BCUT2D eigenvalue weighted by atomic mass is 79.9. The molecule has 0 fully saturated rings. The lowest BCUT2D eigenvalue weighted by molar-refractivity contribution is 0.409. The van der Waals surface area contributed by atoms with Crippen LogP contribution in [0.5, 0.6) is 17.2 Å². The molecule has 0 amide bonds. The van der Waals surface area contributed by atoms with Crippen LogP contribution in [0, 0.1) is 0 Å². The molecule has 0 aromatic heterocycles. The molecule has 1 aliphatic rings. The van der Waals surface area contributed by atoms with E-state index in [4.69, 9.17) is 14.2 Å². The number of fused-ring (bicyclic) bond motifs is 2. The molecule has 3 aromatic rings. The van der Waals surface area contributed by atoms with Crippen LogP contribution < -0.4 is 14.2 Å². The molecular weight excluding hydrogens is 436 g/mol. The summed E-state index contributed by atoms with van der Waals surface area (Å²) in [6, 6.07) is 20.3. The van der Waals surface area contributed by atoms with E-state index in [-0.39, 0.29) is 0 Å². The van der Waals surface area contributed by atoms with Crippen molar-refractivity contribution >= 4 is 37.7 Å². The molecule has 0 N–H and O–H groups in total. The highest BCUT2D eigenvalue weighted by Gasteiger charge is 2.29. The van der Waals surface area contributed by atoms with E-state index in [0.717, 1.165) is 53.8 Å². The molecule has 0 atom stereocenters. The minimum Gasteiger partial charge on any atom is -0.497 e. The number of halogens is 1. The Kier molecular flexibility index (Phi) is 5.38. The van der Waals surface area contributed by atoms with Gasteiger partial charge in [0.2, 0.25) is 0 Å². The molecule has 1 aliphatic heterocycles. The number of hydrogen-bond acceptors (Lipinski definition) is 4. The minimum absolute atomic E-state index is 0.823. The first-order valence-corrected chi connectivity index (χ1v) is 10.4. The van der Waals surface area contributed by atoms with Gasteiger partial charge in [-0.25, -0.2) is 0 Å². The first kappa shape index (κ1) is 19.0. The second-order valence-corrected chi connectivity index (χ2v) is 8.06. The molecule has 5 heteroatoms. The van der Waals surface area contributed by atoms with Gasteiger partial charge in [-0.05, 0) is 57.9 Å². The van der Waals surface area contributed by atoms with Gasteiger partial charge in [0.15, 0.2) is 0 Å². The van der Waals surface area contributed by atoms with E-state index in [0.29, 0.717) is 0 Å². The highest BCUT2D eigenvalue weighted by Crippen LogP contribution is 2.54. The Labute approximate surface area is 177 Å². The first-order valence-electron chi connectivity index (χ1n) is 8.74. The SMILES string of the molecule is COc1ccc(C(Br)=C2c3c(OC)cccc3Sc3cccc(OC)c32)cc1. The zero-order chi connectivity index (χ0) is 19.7. The monoisotopic (exact) mass is 454 g/mol.